The van der Waals surface area contributed by atoms with Crippen LogP contribution in [0.5, 0.6) is 0 Å². The summed E-state index contributed by atoms with van der Waals surface area (Å²) in [5, 5.41) is 12.4. The van der Waals surface area contributed by atoms with Gasteiger partial charge in [-0.05, 0) is 29.9 Å². The first-order chi connectivity index (χ1) is 9.79. The van der Waals surface area contributed by atoms with Gasteiger partial charge in [0.2, 0.25) is 0 Å². The molecule has 1 aromatic heterocycles. The highest BCUT2D eigenvalue weighted by molar-refractivity contribution is 7.80. The molecule has 20 heavy (non-hydrogen) atoms. The number of hydroxylamine groups is 1. The highest BCUT2D eigenvalue weighted by atomic mass is 32.1. The standard InChI is InChI=1S/C14H14N4OS/c19-18-13(12-6-8-15-9-7-12)17-14(20)16-10-11-4-2-1-3-5-11/h1-9,19H,10H2,(H2,16,17,18,20). The van der Waals surface area contributed by atoms with Gasteiger partial charge in [0.05, 0.1) is 0 Å². The zero-order valence-electron chi connectivity index (χ0n) is 10.7. The lowest BCUT2D eigenvalue weighted by atomic mass is 10.2. The second-order valence-electron chi connectivity index (χ2n) is 3.95. The number of thiocarbonyl (C=S) groups is 1. The fourth-order valence-corrected chi connectivity index (χ4v) is 1.74. The third-order valence-electron chi connectivity index (χ3n) is 2.56. The summed E-state index contributed by atoms with van der Waals surface area (Å²) < 4.78 is 0. The molecule has 0 aliphatic heterocycles. The van der Waals surface area contributed by atoms with E-state index >= 15 is 0 Å². The molecular formula is C14H14N4OS. The number of aromatic nitrogens is 1. The molecule has 0 atom stereocenters. The summed E-state index contributed by atoms with van der Waals surface area (Å²) in [7, 11) is 0. The Morgan fingerprint density at radius 1 is 1.15 bits per heavy atom. The van der Waals surface area contributed by atoms with E-state index in [-0.39, 0.29) is 5.84 Å². The van der Waals surface area contributed by atoms with Gasteiger partial charge in [0.25, 0.3) is 0 Å². The first-order valence-corrected chi connectivity index (χ1v) is 6.41. The van der Waals surface area contributed by atoms with E-state index in [4.69, 9.17) is 17.4 Å². The second-order valence-corrected chi connectivity index (χ2v) is 4.34. The molecule has 1 aromatic carbocycles. The van der Waals surface area contributed by atoms with Gasteiger partial charge in [-0.25, -0.2) is 4.99 Å². The molecule has 0 amide bonds. The number of amidine groups is 1. The minimum atomic E-state index is 0.276. The molecule has 1 heterocycles. The second kappa shape index (κ2) is 7.32. The average Bonchev–Trinajstić information content (AvgIpc) is 2.52. The van der Waals surface area contributed by atoms with E-state index < -0.39 is 0 Å². The lowest BCUT2D eigenvalue weighted by Crippen LogP contribution is -2.26. The molecule has 2 rings (SSSR count). The van der Waals surface area contributed by atoms with Crippen LogP contribution in [-0.4, -0.2) is 21.1 Å². The summed E-state index contributed by atoms with van der Waals surface area (Å²) in [6, 6.07) is 13.3. The van der Waals surface area contributed by atoms with Crippen molar-refractivity contribution >= 4 is 23.2 Å². The number of hydrogen-bond donors (Lipinski definition) is 3. The molecule has 0 spiro atoms. The van der Waals surface area contributed by atoms with Crippen molar-refractivity contribution in [3.05, 3.63) is 66.0 Å². The van der Waals surface area contributed by atoms with Crippen molar-refractivity contribution in [3.8, 4) is 0 Å². The van der Waals surface area contributed by atoms with Crippen molar-refractivity contribution in [1.29, 1.82) is 0 Å². The molecule has 3 N–H and O–H groups in total. The Morgan fingerprint density at radius 3 is 2.50 bits per heavy atom. The predicted molar refractivity (Wildman–Crippen MR) is 81.6 cm³/mol. The van der Waals surface area contributed by atoms with Gasteiger partial charge < -0.3 is 5.32 Å². The van der Waals surface area contributed by atoms with Crippen LogP contribution in [0.4, 0.5) is 0 Å². The van der Waals surface area contributed by atoms with Gasteiger partial charge in [0.15, 0.2) is 10.9 Å². The van der Waals surface area contributed by atoms with Crippen molar-refractivity contribution in [2.45, 2.75) is 6.54 Å². The van der Waals surface area contributed by atoms with E-state index in [0.29, 0.717) is 17.2 Å². The topological polar surface area (TPSA) is 69.5 Å². The number of benzene rings is 1. The number of nitrogens with one attached hydrogen (secondary N) is 2. The third kappa shape index (κ3) is 4.11. The molecule has 5 nitrogen and oxygen atoms in total. The van der Waals surface area contributed by atoms with Gasteiger partial charge in [-0.3, -0.25) is 15.7 Å². The monoisotopic (exact) mass is 286 g/mol. The van der Waals surface area contributed by atoms with Crippen molar-refractivity contribution in [1.82, 2.24) is 15.8 Å². The van der Waals surface area contributed by atoms with Crippen LogP contribution in [0.3, 0.4) is 0 Å². The summed E-state index contributed by atoms with van der Waals surface area (Å²) in [5.74, 6) is 0.276. The largest absolute Gasteiger partial charge is 0.357 e. The Hall–Kier alpha value is -2.31. The van der Waals surface area contributed by atoms with E-state index in [2.05, 4.69) is 15.3 Å². The number of pyridine rings is 1. The Labute approximate surface area is 122 Å². The lowest BCUT2D eigenvalue weighted by Gasteiger charge is -2.07. The summed E-state index contributed by atoms with van der Waals surface area (Å²) in [6.45, 7) is 0.582. The molecule has 0 radical (unpaired) electrons. The molecule has 0 saturated heterocycles. The molecule has 0 saturated carbocycles. The zero-order valence-corrected chi connectivity index (χ0v) is 11.5. The van der Waals surface area contributed by atoms with Gasteiger partial charge in [0.1, 0.15) is 0 Å². The average molecular weight is 286 g/mol. The van der Waals surface area contributed by atoms with Gasteiger partial charge in [0, 0.05) is 24.5 Å². The molecule has 0 unspecified atom stereocenters. The van der Waals surface area contributed by atoms with E-state index in [1.54, 1.807) is 24.5 Å². The Kier molecular flexibility index (Phi) is 5.16. The van der Waals surface area contributed by atoms with E-state index in [1.807, 2.05) is 35.8 Å². The van der Waals surface area contributed by atoms with Crippen LogP contribution in [0.15, 0.2) is 59.9 Å². The quantitative estimate of drug-likeness (QED) is 0.348. The van der Waals surface area contributed by atoms with Crippen molar-refractivity contribution in [2.75, 3.05) is 0 Å². The number of nitrogens with zero attached hydrogens (tertiary/aromatic N) is 2. The normalized spacial score (nSPS) is 10.9. The van der Waals surface area contributed by atoms with E-state index in [0.717, 1.165) is 5.56 Å². The van der Waals surface area contributed by atoms with Crippen LogP contribution < -0.4 is 10.8 Å². The smallest absolute Gasteiger partial charge is 0.195 e. The molecular weight excluding hydrogens is 272 g/mol. The third-order valence-corrected chi connectivity index (χ3v) is 2.80. The minimum Gasteiger partial charge on any atom is -0.357 e. The number of aliphatic imine (C=N–C) groups is 1. The fraction of sp³-hybridized carbons (Fsp3) is 0.0714. The van der Waals surface area contributed by atoms with Crippen LogP contribution in [0.2, 0.25) is 0 Å². The number of rotatable bonds is 3. The Balaban J connectivity index is 2.00. The van der Waals surface area contributed by atoms with Gasteiger partial charge in [-0.1, -0.05) is 30.3 Å². The van der Waals surface area contributed by atoms with Gasteiger partial charge >= 0.3 is 0 Å². The van der Waals surface area contributed by atoms with Gasteiger partial charge in [-0.2, -0.15) is 0 Å². The molecule has 0 aliphatic carbocycles. The summed E-state index contributed by atoms with van der Waals surface area (Å²) >= 11 is 5.13. The van der Waals surface area contributed by atoms with Crippen molar-refractivity contribution in [2.24, 2.45) is 4.99 Å². The lowest BCUT2D eigenvalue weighted by molar-refractivity contribution is 0.235. The van der Waals surface area contributed by atoms with Crippen molar-refractivity contribution in [3.63, 3.8) is 0 Å². The molecule has 0 aliphatic rings. The molecule has 6 heteroatoms. The first kappa shape index (κ1) is 14.1. The number of hydrogen-bond acceptors (Lipinski definition) is 3. The van der Waals surface area contributed by atoms with Crippen LogP contribution >= 0.6 is 12.2 Å². The summed E-state index contributed by atoms with van der Waals surface area (Å²) in [4.78, 5) is 8.03. The zero-order chi connectivity index (χ0) is 14.2. The maximum atomic E-state index is 9.13. The maximum absolute atomic E-state index is 9.13. The Bertz CT molecular complexity index is 587. The molecule has 2 aromatic rings. The summed E-state index contributed by atoms with van der Waals surface area (Å²) in [6.07, 6.45) is 3.23. The summed E-state index contributed by atoms with van der Waals surface area (Å²) in [5.41, 5.74) is 3.85. The molecule has 0 bridgehead atoms. The fourth-order valence-electron chi connectivity index (χ4n) is 1.58. The van der Waals surface area contributed by atoms with Crippen LogP contribution in [0, 0.1) is 0 Å². The Morgan fingerprint density at radius 2 is 1.85 bits per heavy atom. The molecule has 102 valence electrons. The SMILES string of the molecule is ON/C(=N\C(=S)NCc1ccccc1)c1ccncc1. The highest BCUT2D eigenvalue weighted by Crippen LogP contribution is 1.99. The maximum Gasteiger partial charge on any atom is 0.195 e. The predicted octanol–water partition coefficient (Wildman–Crippen LogP) is 1.88. The van der Waals surface area contributed by atoms with Crippen LogP contribution in [0.25, 0.3) is 0 Å². The van der Waals surface area contributed by atoms with E-state index in [1.165, 1.54) is 0 Å². The van der Waals surface area contributed by atoms with Crippen molar-refractivity contribution < 1.29 is 5.21 Å². The van der Waals surface area contributed by atoms with Gasteiger partial charge in [-0.15, -0.1) is 0 Å². The van der Waals surface area contributed by atoms with Crippen LogP contribution in [0.1, 0.15) is 11.1 Å². The minimum absolute atomic E-state index is 0.276. The molecule has 0 fully saturated rings. The first-order valence-electron chi connectivity index (χ1n) is 6.00. The van der Waals surface area contributed by atoms with E-state index in [9.17, 15) is 0 Å². The van der Waals surface area contributed by atoms with Crippen LogP contribution in [-0.2, 0) is 6.54 Å². The highest BCUT2D eigenvalue weighted by Gasteiger charge is 2.03.